The first-order valence-corrected chi connectivity index (χ1v) is 13.9. The molecule has 0 saturated carbocycles. The van der Waals surface area contributed by atoms with Crippen molar-refractivity contribution in [2.45, 2.75) is 45.3 Å². The van der Waals surface area contributed by atoms with E-state index in [1.165, 1.54) is 4.90 Å². The van der Waals surface area contributed by atoms with Gasteiger partial charge in [-0.1, -0.05) is 17.7 Å². The van der Waals surface area contributed by atoms with E-state index in [0.717, 1.165) is 35.4 Å². The van der Waals surface area contributed by atoms with Crippen LogP contribution in [0.15, 0.2) is 47.4 Å². The van der Waals surface area contributed by atoms with Crippen LogP contribution in [-0.4, -0.2) is 80.6 Å². The quantitative estimate of drug-likeness (QED) is 0.285. The maximum atomic E-state index is 13.2. The number of likely N-dealkylation sites (N-methyl/N-ethyl adjacent to an activating group) is 1. The van der Waals surface area contributed by atoms with Gasteiger partial charge in [-0.15, -0.1) is 0 Å². The summed E-state index contributed by atoms with van der Waals surface area (Å²) in [5.41, 5.74) is 4.67. The highest BCUT2D eigenvalue weighted by molar-refractivity contribution is 6.23. The summed E-state index contributed by atoms with van der Waals surface area (Å²) in [5, 5.41) is 10.6. The predicted octanol–water partition coefficient (Wildman–Crippen LogP) is 3.21. The molecule has 0 radical (unpaired) electrons. The fraction of sp³-hybridized carbons (Fsp3) is 0.355. The molecule has 3 N–H and O–H groups in total. The van der Waals surface area contributed by atoms with Crippen molar-refractivity contribution >= 4 is 22.8 Å². The van der Waals surface area contributed by atoms with E-state index in [1.54, 1.807) is 24.4 Å². The van der Waals surface area contributed by atoms with Crippen molar-refractivity contribution < 1.29 is 19.4 Å². The zero-order chi connectivity index (χ0) is 28.8. The van der Waals surface area contributed by atoms with Crippen LogP contribution in [0.1, 0.15) is 50.2 Å². The molecule has 6 rings (SSSR count). The number of carbonyl (C=O) groups excluding carboxylic acids is 2. The molecule has 1 saturated heterocycles. The summed E-state index contributed by atoms with van der Waals surface area (Å²) in [6, 6.07) is 10.8. The molecule has 2 aliphatic heterocycles. The summed E-state index contributed by atoms with van der Waals surface area (Å²) >= 11 is 0. The number of nitrogens with zero attached hydrogens (tertiary/aromatic N) is 3. The lowest BCUT2D eigenvalue weighted by Gasteiger charge is -2.21. The van der Waals surface area contributed by atoms with Crippen LogP contribution < -0.4 is 10.3 Å². The van der Waals surface area contributed by atoms with Gasteiger partial charge in [-0.25, -0.2) is 4.98 Å². The van der Waals surface area contributed by atoms with Gasteiger partial charge in [-0.3, -0.25) is 19.3 Å². The number of imide groups is 1. The third-order valence-electron chi connectivity index (χ3n) is 8.04. The summed E-state index contributed by atoms with van der Waals surface area (Å²) in [6.45, 7) is 5.62. The number of nitrogens with one attached hydrogen (secondary N) is 2. The molecule has 0 unspecified atom stereocenters. The van der Waals surface area contributed by atoms with Crippen molar-refractivity contribution in [2.75, 3.05) is 26.7 Å². The molecule has 0 aliphatic carbocycles. The molecule has 41 heavy (non-hydrogen) atoms. The lowest BCUT2D eigenvalue weighted by atomic mass is 10.0. The highest BCUT2D eigenvalue weighted by Gasteiger charge is 2.42. The number of aryl methyl sites for hydroxylation is 3. The minimum Gasteiger partial charge on any atom is -0.491 e. The maximum Gasteiger partial charge on any atom is 0.261 e. The highest BCUT2D eigenvalue weighted by Crippen LogP contribution is 2.32. The summed E-state index contributed by atoms with van der Waals surface area (Å²) < 4.78 is 5.82. The number of hydrogen-bond donors (Lipinski definition) is 3. The molecule has 4 aromatic rings. The Morgan fingerprint density at radius 2 is 1.88 bits per heavy atom. The largest absolute Gasteiger partial charge is 0.491 e. The number of imidazole rings is 1. The number of hydrogen-bond acceptors (Lipinski definition) is 7. The molecule has 4 heterocycles. The van der Waals surface area contributed by atoms with Gasteiger partial charge in [0, 0.05) is 12.7 Å². The van der Waals surface area contributed by atoms with Crippen LogP contribution in [0.2, 0.25) is 0 Å². The Kier molecular flexibility index (Phi) is 6.96. The van der Waals surface area contributed by atoms with E-state index >= 15 is 0 Å². The third kappa shape index (κ3) is 5.05. The molecule has 2 amide bonds. The minimum absolute atomic E-state index is 0.134. The van der Waals surface area contributed by atoms with E-state index in [2.05, 4.69) is 19.9 Å². The molecule has 2 aromatic heterocycles. The van der Waals surface area contributed by atoms with Gasteiger partial charge in [-0.05, 0) is 82.1 Å². The summed E-state index contributed by atoms with van der Waals surface area (Å²) in [4.78, 5) is 53.4. The van der Waals surface area contributed by atoms with Crippen molar-refractivity contribution in [2.24, 2.45) is 0 Å². The number of H-pyrrole nitrogens is 2. The number of ether oxygens (including phenoxy) is 1. The Balaban J connectivity index is 1.21. The topological polar surface area (TPSA) is 132 Å². The van der Waals surface area contributed by atoms with Gasteiger partial charge in [0.1, 0.15) is 18.2 Å². The summed E-state index contributed by atoms with van der Waals surface area (Å²) in [5.74, 6) is 0.484. The zero-order valence-corrected chi connectivity index (χ0v) is 23.4. The number of pyridine rings is 1. The average Bonchev–Trinajstić information content (AvgIpc) is 3.61. The number of carbonyl (C=O) groups is 2. The molecule has 2 aromatic carbocycles. The normalized spacial score (nSPS) is 18.0. The molecule has 0 spiro atoms. The van der Waals surface area contributed by atoms with Crippen molar-refractivity contribution in [1.29, 1.82) is 0 Å². The van der Waals surface area contributed by atoms with E-state index in [4.69, 9.17) is 4.74 Å². The Bertz CT molecular complexity index is 1670. The van der Waals surface area contributed by atoms with Gasteiger partial charge in [0.05, 0.1) is 39.9 Å². The number of aliphatic hydroxyl groups is 1. The number of aromatic amines is 2. The molecule has 10 nitrogen and oxygen atoms in total. The minimum atomic E-state index is -0.735. The van der Waals surface area contributed by atoms with Gasteiger partial charge in [-0.2, -0.15) is 0 Å². The Morgan fingerprint density at radius 1 is 1.10 bits per heavy atom. The van der Waals surface area contributed by atoms with Crippen molar-refractivity contribution in [3.63, 3.8) is 0 Å². The standard InChI is InChI=1S/C31H33N5O5/c1-17-4-7-26(18(2)12-17)41-16-21(37)6-5-19-8-10-32-29(38)27(19)28-33-24-13-22-23(14-25(24)34-28)31(40)36(30(22)39)20-9-11-35(3)15-20/h4,7-8,10,12-14,20-21,37H,5-6,9,11,15-16H2,1-3H3,(H,32,38)(H,33,34)/t20-,21+/m1/s1. The number of amides is 2. The fourth-order valence-electron chi connectivity index (χ4n) is 5.87. The van der Waals surface area contributed by atoms with Gasteiger partial charge in [0.15, 0.2) is 0 Å². The smallest absolute Gasteiger partial charge is 0.261 e. The zero-order valence-electron chi connectivity index (χ0n) is 23.4. The van der Waals surface area contributed by atoms with Gasteiger partial charge >= 0.3 is 0 Å². The van der Waals surface area contributed by atoms with Crippen LogP contribution in [0, 0.1) is 13.8 Å². The summed E-state index contributed by atoms with van der Waals surface area (Å²) in [7, 11) is 1.98. The molecule has 10 heteroatoms. The lowest BCUT2D eigenvalue weighted by Crippen LogP contribution is -2.41. The van der Waals surface area contributed by atoms with E-state index in [1.807, 2.05) is 39.1 Å². The number of aromatic nitrogens is 3. The second-order valence-corrected chi connectivity index (χ2v) is 11.2. The van der Waals surface area contributed by atoms with Crippen molar-refractivity contribution in [3.05, 3.63) is 80.8 Å². The second kappa shape index (κ2) is 10.6. The number of rotatable bonds is 8. The molecule has 212 valence electrons. The Morgan fingerprint density at radius 3 is 2.61 bits per heavy atom. The number of fused-ring (bicyclic) bond motifs is 2. The van der Waals surface area contributed by atoms with E-state index in [-0.39, 0.29) is 30.0 Å². The molecule has 0 bridgehead atoms. The molecule has 2 atom stereocenters. The van der Waals surface area contributed by atoms with E-state index in [9.17, 15) is 19.5 Å². The van der Waals surface area contributed by atoms with Gasteiger partial charge in [0.25, 0.3) is 17.4 Å². The van der Waals surface area contributed by atoms with E-state index in [0.29, 0.717) is 52.9 Å². The molecular weight excluding hydrogens is 522 g/mol. The van der Waals surface area contributed by atoms with Crippen LogP contribution in [0.25, 0.3) is 22.4 Å². The summed E-state index contributed by atoms with van der Waals surface area (Å²) in [6.07, 6.45) is 2.40. The first-order valence-electron chi connectivity index (χ1n) is 13.9. The van der Waals surface area contributed by atoms with Crippen LogP contribution in [0.5, 0.6) is 5.75 Å². The number of likely N-dealkylation sites (tertiary alicyclic amines) is 1. The van der Waals surface area contributed by atoms with Crippen molar-refractivity contribution in [1.82, 2.24) is 24.8 Å². The molecule has 1 fully saturated rings. The third-order valence-corrected chi connectivity index (χ3v) is 8.04. The highest BCUT2D eigenvalue weighted by atomic mass is 16.5. The molecular formula is C31H33N5O5. The average molecular weight is 556 g/mol. The predicted molar refractivity (Wildman–Crippen MR) is 154 cm³/mol. The van der Waals surface area contributed by atoms with Gasteiger partial charge in [0.2, 0.25) is 0 Å². The van der Waals surface area contributed by atoms with Crippen LogP contribution in [0.4, 0.5) is 0 Å². The molecule has 2 aliphatic rings. The SMILES string of the molecule is Cc1ccc(OC[C@@H](O)CCc2cc[nH]c(=O)c2-c2nc3cc4c(cc3[nH]2)C(=O)N([C@@H]2CCN(C)C2)C4=O)c(C)c1. The first kappa shape index (κ1) is 26.9. The van der Waals surface area contributed by atoms with Gasteiger partial charge < -0.3 is 24.7 Å². The van der Waals surface area contributed by atoms with Crippen LogP contribution >= 0.6 is 0 Å². The fourth-order valence-corrected chi connectivity index (χ4v) is 5.87. The second-order valence-electron chi connectivity index (χ2n) is 11.2. The van der Waals surface area contributed by atoms with Crippen molar-refractivity contribution in [3.8, 4) is 17.1 Å². The number of aliphatic hydroxyl groups excluding tert-OH is 1. The Hall–Kier alpha value is -4.28. The van der Waals surface area contributed by atoms with Crippen LogP contribution in [-0.2, 0) is 6.42 Å². The van der Waals surface area contributed by atoms with E-state index < -0.39 is 6.10 Å². The maximum absolute atomic E-state index is 13.2. The monoisotopic (exact) mass is 555 g/mol. The number of benzene rings is 2. The lowest BCUT2D eigenvalue weighted by molar-refractivity contribution is 0.0590. The Labute approximate surface area is 237 Å². The first-order chi connectivity index (χ1) is 19.7. The van der Waals surface area contributed by atoms with Crippen LogP contribution in [0.3, 0.4) is 0 Å².